The second-order valence-electron chi connectivity index (χ2n) is 4.84. The first kappa shape index (κ1) is 14.4. The van der Waals surface area contributed by atoms with Crippen LogP contribution in [0.15, 0.2) is 40.9 Å². The fraction of sp³-hybridized carbons (Fsp3) is 0.188. The lowest BCUT2D eigenvalue weighted by Crippen LogP contribution is -2.00. The molecular weight excluding hydrogens is 352 g/mol. The van der Waals surface area contributed by atoms with Gasteiger partial charge in [0.2, 0.25) is 0 Å². The second kappa shape index (κ2) is 5.70. The van der Waals surface area contributed by atoms with Gasteiger partial charge in [0.1, 0.15) is 11.6 Å². The van der Waals surface area contributed by atoms with Crippen LogP contribution in [0.3, 0.4) is 0 Å². The van der Waals surface area contributed by atoms with Gasteiger partial charge >= 0.3 is 0 Å². The first-order chi connectivity index (χ1) is 10.1. The molecule has 3 aromatic rings. The summed E-state index contributed by atoms with van der Waals surface area (Å²) in [5, 5.41) is 0. The number of aryl methyl sites for hydroxylation is 1. The van der Waals surface area contributed by atoms with E-state index in [9.17, 15) is 0 Å². The van der Waals surface area contributed by atoms with Crippen molar-refractivity contribution in [1.82, 2.24) is 9.55 Å². The van der Waals surface area contributed by atoms with Gasteiger partial charge in [-0.25, -0.2) is 4.98 Å². The number of fused-ring (bicyclic) bond motifs is 1. The number of benzene rings is 2. The molecule has 3 rings (SSSR count). The highest BCUT2D eigenvalue weighted by Gasteiger charge is 2.13. The first-order valence-corrected chi connectivity index (χ1v) is 7.84. The molecule has 0 amide bonds. The summed E-state index contributed by atoms with van der Waals surface area (Å²) in [4.78, 5) is 4.60. The van der Waals surface area contributed by atoms with Crippen LogP contribution >= 0.6 is 27.5 Å². The van der Waals surface area contributed by atoms with E-state index in [1.165, 1.54) is 5.56 Å². The van der Waals surface area contributed by atoms with Gasteiger partial charge in [-0.15, -0.1) is 11.6 Å². The standard InChI is InChI=1S/C16H14BrClN2O/c1-10-5-11(17)7-12(6-10)20-15-8-13(21-2)3-4-14(15)19-16(20)9-18/h3-8H,9H2,1-2H3. The van der Waals surface area contributed by atoms with Gasteiger partial charge in [0.25, 0.3) is 0 Å². The van der Waals surface area contributed by atoms with Crippen LogP contribution in [0.4, 0.5) is 0 Å². The van der Waals surface area contributed by atoms with E-state index in [1.54, 1.807) is 7.11 Å². The number of hydrogen-bond donors (Lipinski definition) is 0. The minimum absolute atomic E-state index is 0.350. The van der Waals surface area contributed by atoms with Crippen LogP contribution < -0.4 is 4.74 Å². The van der Waals surface area contributed by atoms with Crippen molar-refractivity contribution < 1.29 is 4.74 Å². The van der Waals surface area contributed by atoms with Crippen LogP contribution in [0.2, 0.25) is 0 Å². The maximum atomic E-state index is 6.08. The van der Waals surface area contributed by atoms with E-state index in [1.807, 2.05) is 18.2 Å². The Morgan fingerprint density at radius 3 is 2.71 bits per heavy atom. The molecule has 1 heterocycles. The number of hydrogen-bond acceptors (Lipinski definition) is 2. The van der Waals surface area contributed by atoms with E-state index in [4.69, 9.17) is 16.3 Å². The summed E-state index contributed by atoms with van der Waals surface area (Å²) in [7, 11) is 1.66. The largest absolute Gasteiger partial charge is 0.497 e. The number of nitrogens with zero attached hydrogens (tertiary/aromatic N) is 2. The summed E-state index contributed by atoms with van der Waals surface area (Å²) in [5.41, 5.74) is 4.10. The zero-order valence-corrected chi connectivity index (χ0v) is 14.1. The molecule has 0 saturated heterocycles. The van der Waals surface area contributed by atoms with Crippen molar-refractivity contribution >= 4 is 38.6 Å². The maximum Gasteiger partial charge on any atom is 0.129 e. The summed E-state index contributed by atoms with van der Waals surface area (Å²) in [6, 6.07) is 12.1. The summed E-state index contributed by atoms with van der Waals surface area (Å²) >= 11 is 9.63. The molecule has 3 nitrogen and oxygen atoms in total. The number of aromatic nitrogens is 2. The quantitative estimate of drug-likeness (QED) is 0.621. The molecule has 0 fully saturated rings. The molecular formula is C16H14BrClN2O. The second-order valence-corrected chi connectivity index (χ2v) is 6.02. The smallest absolute Gasteiger partial charge is 0.129 e. The highest BCUT2D eigenvalue weighted by molar-refractivity contribution is 9.10. The van der Waals surface area contributed by atoms with Crippen LogP contribution in [0.1, 0.15) is 11.4 Å². The Morgan fingerprint density at radius 2 is 2.05 bits per heavy atom. The average molecular weight is 366 g/mol. The highest BCUT2D eigenvalue weighted by Crippen LogP contribution is 2.28. The molecule has 0 bridgehead atoms. The Hall–Kier alpha value is -1.52. The predicted octanol–water partition coefficient (Wildman–Crippen LogP) is 4.84. The van der Waals surface area contributed by atoms with Crippen molar-refractivity contribution in [2.24, 2.45) is 0 Å². The maximum absolute atomic E-state index is 6.08. The Kier molecular flexibility index (Phi) is 3.91. The third-order valence-corrected chi connectivity index (χ3v) is 4.03. The van der Waals surface area contributed by atoms with Gasteiger partial charge in [0, 0.05) is 16.2 Å². The SMILES string of the molecule is COc1ccc2nc(CCl)n(-c3cc(C)cc(Br)c3)c2c1. The van der Waals surface area contributed by atoms with Gasteiger partial charge < -0.3 is 4.74 Å². The normalized spacial score (nSPS) is 11.0. The van der Waals surface area contributed by atoms with Gasteiger partial charge in [0.15, 0.2) is 0 Å². The summed E-state index contributed by atoms with van der Waals surface area (Å²) < 4.78 is 8.42. The Labute approximate surface area is 136 Å². The summed E-state index contributed by atoms with van der Waals surface area (Å²) in [6.07, 6.45) is 0. The van der Waals surface area contributed by atoms with Crippen LogP contribution in [-0.4, -0.2) is 16.7 Å². The number of alkyl halides is 1. The Morgan fingerprint density at radius 1 is 1.24 bits per heavy atom. The van der Waals surface area contributed by atoms with Gasteiger partial charge in [-0.3, -0.25) is 4.57 Å². The van der Waals surface area contributed by atoms with E-state index in [0.717, 1.165) is 32.8 Å². The molecule has 5 heteroatoms. The van der Waals surface area contributed by atoms with Gasteiger partial charge in [-0.2, -0.15) is 0 Å². The molecule has 108 valence electrons. The molecule has 0 aliphatic carbocycles. The van der Waals surface area contributed by atoms with E-state index < -0.39 is 0 Å². The Balaban J connectivity index is 2.32. The predicted molar refractivity (Wildman–Crippen MR) is 89.6 cm³/mol. The minimum Gasteiger partial charge on any atom is -0.497 e. The zero-order chi connectivity index (χ0) is 15.0. The van der Waals surface area contributed by atoms with Crippen molar-refractivity contribution in [3.05, 3.63) is 52.3 Å². The fourth-order valence-electron chi connectivity index (χ4n) is 2.46. The number of ether oxygens (including phenoxy) is 1. The molecule has 0 saturated carbocycles. The number of imidazole rings is 1. The van der Waals surface area contributed by atoms with Crippen LogP contribution in [0.25, 0.3) is 16.7 Å². The summed E-state index contributed by atoms with van der Waals surface area (Å²) in [5.74, 6) is 1.97. The lowest BCUT2D eigenvalue weighted by atomic mass is 10.2. The van der Waals surface area contributed by atoms with Crippen molar-refractivity contribution in [2.45, 2.75) is 12.8 Å². The third-order valence-electron chi connectivity index (χ3n) is 3.34. The fourth-order valence-corrected chi connectivity index (χ4v) is 3.23. The lowest BCUT2D eigenvalue weighted by molar-refractivity contribution is 0.415. The van der Waals surface area contributed by atoms with Crippen LogP contribution in [-0.2, 0) is 5.88 Å². The molecule has 0 spiro atoms. The minimum atomic E-state index is 0.350. The van der Waals surface area contributed by atoms with E-state index in [0.29, 0.717) is 5.88 Å². The number of methoxy groups -OCH3 is 1. The molecule has 21 heavy (non-hydrogen) atoms. The Bertz CT molecular complexity index is 793. The van der Waals surface area contributed by atoms with Crippen molar-refractivity contribution in [3.63, 3.8) is 0 Å². The molecule has 0 aliphatic heterocycles. The van der Waals surface area contributed by atoms with Crippen molar-refractivity contribution in [1.29, 1.82) is 0 Å². The van der Waals surface area contributed by atoms with Crippen LogP contribution in [0, 0.1) is 6.92 Å². The van der Waals surface area contributed by atoms with Crippen LogP contribution in [0.5, 0.6) is 5.75 Å². The van der Waals surface area contributed by atoms with Gasteiger partial charge in [0.05, 0.1) is 24.0 Å². The summed E-state index contributed by atoms with van der Waals surface area (Å²) in [6.45, 7) is 2.06. The highest BCUT2D eigenvalue weighted by atomic mass is 79.9. The van der Waals surface area contributed by atoms with Crippen molar-refractivity contribution in [3.8, 4) is 11.4 Å². The molecule has 0 unspecified atom stereocenters. The molecule has 0 aliphatic rings. The van der Waals surface area contributed by atoms with E-state index >= 15 is 0 Å². The lowest BCUT2D eigenvalue weighted by Gasteiger charge is -2.10. The molecule has 0 N–H and O–H groups in total. The topological polar surface area (TPSA) is 27.1 Å². The average Bonchev–Trinajstić information content (AvgIpc) is 2.83. The number of halogens is 2. The number of rotatable bonds is 3. The molecule has 0 radical (unpaired) electrons. The zero-order valence-electron chi connectivity index (χ0n) is 11.7. The molecule has 2 aromatic carbocycles. The molecule has 1 aromatic heterocycles. The molecule has 0 atom stereocenters. The third kappa shape index (κ3) is 2.65. The van der Waals surface area contributed by atoms with Crippen molar-refractivity contribution in [2.75, 3.05) is 7.11 Å². The van der Waals surface area contributed by atoms with Gasteiger partial charge in [-0.05, 0) is 42.8 Å². The van der Waals surface area contributed by atoms with E-state index in [-0.39, 0.29) is 0 Å². The van der Waals surface area contributed by atoms with Gasteiger partial charge in [-0.1, -0.05) is 15.9 Å². The first-order valence-electron chi connectivity index (χ1n) is 6.51. The van der Waals surface area contributed by atoms with E-state index in [2.05, 4.69) is 50.6 Å². The monoisotopic (exact) mass is 364 g/mol.